The van der Waals surface area contributed by atoms with Crippen LogP contribution in [0.3, 0.4) is 0 Å². The molecule has 1 atom stereocenters. The minimum atomic E-state index is -0.869. The van der Waals surface area contributed by atoms with Crippen LogP contribution in [0.15, 0.2) is 24.3 Å². The number of nitrogens with zero attached hydrogens (tertiary/aromatic N) is 1. The second-order valence-corrected chi connectivity index (χ2v) is 7.05. The van der Waals surface area contributed by atoms with Gasteiger partial charge in [0, 0.05) is 18.2 Å². The number of carbonyl (C=O) groups is 3. The molecule has 1 aromatic rings. The van der Waals surface area contributed by atoms with Gasteiger partial charge in [0.15, 0.2) is 0 Å². The van der Waals surface area contributed by atoms with Crippen molar-refractivity contribution < 1.29 is 19.5 Å². The number of carboxylic acid groups (broad SMARTS) is 1. The van der Waals surface area contributed by atoms with Gasteiger partial charge in [0.1, 0.15) is 6.04 Å². The first kappa shape index (κ1) is 21.2. The third-order valence-electron chi connectivity index (χ3n) is 4.84. The number of carboxylic acids is 1. The fourth-order valence-corrected chi connectivity index (χ4v) is 3.22. The van der Waals surface area contributed by atoms with Gasteiger partial charge in [-0.15, -0.1) is 12.4 Å². The van der Waals surface area contributed by atoms with Gasteiger partial charge in [-0.1, -0.05) is 18.6 Å². The topological polar surface area (TPSA) is 98.7 Å². The molecule has 3 N–H and O–H groups in total. The summed E-state index contributed by atoms with van der Waals surface area (Å²) in [6, 6.07) is 6.91. The fourth-order valence-electron chi connectivity index (χ4n) is 3.22. The SMILES string of the molecule is Cl.O=C(CN1CCCCC1C(=O)O)NCc1cccc(C(=O)NC2CC2)c1. The Kier molecular flexibility index (Phi) is 7.62. The first-order valence-corrected chi connectivity index (χ1v) is 9.16. The van der Waals surface area contributed by atoms with Crippen molar-refractivity contribution in [2.75, 3.05) is 13.1 Å². The summed E-state index contributed by atoms with van der Waals surface area (Å²) in [5, 5.41) is 15.0. The van der Waals surface area contributed by atoms with Crippen LogP contribution in [0.5, 0.6) is 0 Å². The van der Waals surface area contributed by atoms with Crippen molar-refractivity contribution in [3.8, 4) is 0 Å². The van der Waals surface area contributed by atoms with Gasteiger partial charge in [-0.2, -0.15) is 0 Å². The van der Waals surface area contributed by atoms with Gasteiger partial charge in [0.05, 0.1) is 6.54 Å². The highest BCUT2D eigenvalue weighted by atomic mass is 35.5. The van der Waals surface area contributed by atoms with Crippen molar-refractivity contribution in [2.24, 2.45) is 0 Å². The number of hydrogen-bond donors (Lipinski definition) is 3. The molecule has 1 saturated heterocycles. The van der Waals surface area contributed by atoms with E-state index in [4.69, 9.17) is 0 Å². The maximum absolute atomic E-state index is 12.2. The minimum Gasteiger partial charge on any atom is -0.480 e. The van der Waals surface area contributed by atoms with E-state index in [1.54, 1.807) is 23.1 Å². The highest BCUT2D eigenvalue weighted by Gasteiger charge is 2.29. The summed E-state index contributed by atoms with van der Waals surface area (Å²) in [6.45, 7) is 1.02. The molecule has 0 spiro atoms. The molecular weight excluding hydrogens is 370 g/mol. The Hall–Kier alpha value is -2.12. The van der Waals surface area contributed by atoms with Crippen molar-refractivity contribution in [2.45, 2.75) is 50.7 Å². The summed E-state index contributed by atoms with van der Waals surface area (Å²) in [7, 11) is 0. The Morgan fingerprint density at radius 2 is 1.93 bits per heavy atom. The van der Waals surface area contributed by atoms with Crippen LogP contribution in [-0.2, 0) is 16.1 Å². The summed E-state index contributed by atoms with van der Waals surface area (Å²) in [4.78, 5) is 37.3. The molecule has 0 radical (unpaired) electrons. The Bertz CT molecular complexity index is 693. The second kappa shape index (κ2) is 9.71. The lowest BCUT2D eigenvalue weighted by Gasteiger charge is -2.32. The molecule has 0 aromatic heterocycles. The molecule has 0 bridgehead atoms. The lowest BCUT2D eigenvalue weighted by Crippen LogP contribution is -2.48. The molecule has 3 rings (SSSR count). The fraction of sp³-hybridized carbons (Fsp3) is 0.526. The second-order valence-electron chi connectivity index (χ2n) is 7.05. The number of benzene rings is 1. The van der Waals surface area contributed by atoms with Crippen LogP contribution in [0, 0.1) is 0 Å². The number of aliphatic carboxylic acids is 1. The molecule has 1 unspecified atom stereocenters. The van der Waals surface area contributed by atoms with E-state index in [9.17, 15) is 19.5 Å². The molecule has 8 heteroatoms. The largest absolute Gasteiger partial charge is 0.480 e. The number of hydrogen-bond acceptors (Lipinski definition) is 4. The van der Waals surface area contributed by atoms with Crippen LogP contribution in [0.4, 0.5) is 0 Å². The molecule has 2 aliphatic rings. The number of nitrogens with one attached hydrogen (secondary N) is 2. The molecular formula is C19H26ClN3O4. The monoisotopic (exact) mass is 395 g/mol. The van der Waals surface area contributed by atoms with Crippen LogP contribution >= 0.6 is 12.4 Å². The maximum atomic E-state index is 12.2. The summed E-state index contributed by atoms with van der Waals surface area (Å²) in [5.74, 6) is -1.16. The van der Waals surface area contributed by atoms with E-state index in [2.05, 4.69) is 10.6 Å². The third kappa shape index (κ3) is 6.22. The van der Waals surface area contributed by atoms with Gasteiger partial charge >= 0.3 is 5.97 Å². The molecule has 27 heavy (non-hydrogen) atoms. The summed E-state index contributed by atoms with van der Waals surface area (Å²) in [6.07, 6.45) is 4.45. The standard InChI is InChI=1S/C19H25N3O4.ClH/c23-17(12-22-9-2-1-6-16(22)19(25)26)20-11-13-4-3-5-14(10-13)18(24)21-15-7-8-15;/h3-5,10,15-16H,1-2,6-9,11-12H2,(H,20,23)(H,21,24)(H,25,26);1H. The Morgan fingerprint density at radius 3 is 2.63 bits per heavy atom. The van der Waals surface area contributed by atoms with E-state index in [1.807, 2.05) is 6.07 Å². The quantitative estimate of drug-likeness (QED) is 0.650. The molecule has 148 valence electrons. The molecule has 1 aromatic carbocycles. The highest BCUT2D eigenvalue weighted by Crippen LogP contribution is 2.19. The van der Waals surface area contributed by atoms with Gasteiger partial charge in [-0.25, -0.2) is 0 Å². The predicted molar refractivity (Wildman–Crippen MR) is 103 cm³/mol. The van der Waals surface area contributed by atoms with E-state index in [0.717, 1.165) is 31.2 Å². The molecule has 1 saturated carbocycles. The molecule has 7 nitrogen and oxygen atoms in total. The van der Waals surface area contributed by atoms with E-state index in [1.165, 1.54) is 0 Å². The number of amides is 2. The van der Waals surface area contributed by atoms with Crippen LogP contribution < -0.4 is 10.6 Å². The molecule has 1 aliphatic carbocycles. The van der Waals surface area contributed by atoms with Crippen LogP contribution in [0.1, 0.15) is 48.0 Å². The average Bonchev–Trinajstić information content (AvgIpc) is 3.44. The van der Waals surface area contributed by atoms with E-state index in [-0.39, 0.29) is 30.8 Å². The zero-order valence-corrected chi connectivity index (χ0v) is 16.0. The van der Waals surface area contributed by atoms with Crippen LogP contribution in [-0.4, -0.2) is 53.0 Å². The summed E-state index contributed by atoms with van der Waals surface area (Å²) in [5.41, 5.74) is 1.43. The van der Waals surface area contributed by atoms with Crippen LogP contribution in [0.25, 0.3) is 0 Å². The van der Waals surface area contributed by atoms with E-state index >= 15 is 0 Å². The van der Waals surface area contributed by atoms with Gasteiger partial charge in [-0.05, 0) is 49.9 Å². The van der Waals surface area contributed by atoms with Crippen LogP contribution in [0.2, 0.25) is 0 Å². The van der Waals surface area contributed by atoms with Gasteiger partial charge in [0.2, 0.25) is 5.91 Å². The summed E-state index contributed by atoms with van der Waals surface area (Å²) < 4.78 is 0. The number of carbonyl (C=O) groups excluding carboxylic acids is 2. The Balaban J connectivity index is 0.00000261. The van der Waals surface area contributed by atoms with Crippen molar-refractivity contribution in [1.82, 2.24) is 15.5 Å². The molecule has 1 aliphatic heterocycles. The number of piperidine rings is 1. The number of rotatable bonds is 7. The van der Waals surface area contributed by atoms with E-state index < -0.39 is 12.0 Å². The minimum absolute atomic E-state index is 0. The third-order valence-corrected chi connectivity index (χ3v) is 4.84. The predicted octanol–water partition coefficient (Wildman–Crippen LogP) is 1.56. The first-order chi connectivity index (χ1) is 12.5. The van der Waals surface area contributed by atoms with Gasteiger partial charge < -0.3 is 15.7 Å². The van der Waals surface area contributed by atoms with Crippen molar-refractivity contribution >= 4 is 30.2 Å². The number of halogens is 1. The average molecular weight is 396 g/mol. The van der Waals surface area contributed by atoms with Crippen molar-refractivity contribution in [3.63, 3.8) is 0 Å². The van der Waals surface area contributed by atoms with Gasteiger partial charge in [0.25, 0.3) is 5.91 Å². The highest BCUT2D eigenvalue weighted by molar-refractivity contribution is 5.94. The van der Waals surface area contributed by atoms with Crippen molar-refractivity contribution in [1.29, 1.82) is 0 Å². The normalized spacial score (nSPS) is 19.6. The molecule has 2 amide bonds. The Morgan fingerprint density at radius 1 is 1.15 bits per heavy atom. The lowest BCUT2D eigenvalue weighted by atomic mass is 10.0. The number of likely N-dealkylation sites (tertiary alicyclic amines) is 1. The molecule has 2 fully saturated rings. The zero-order valence-electron chi connectivity index (χ0n) is 15.1. The maximum Gasteiger partial charge on any atom is 0.320 e. The van der Waals surface area contributed by atoms with E-state index in [0.29, 0.717) is 31.1 Å². The smallest absolute Gasteiger partial charge is 0.320 e. The Labute approximate surface area is 164 Å². The lowest BCUT2D eigenvalue weighted by molar-refractivity contribution is -0.145. The summed E-state index contributed by atoms with van der Waals surface area (Å²) >= 11 is 0. The zero-order chi connectivity index (χ0) is 18.5. The molecule has 1 heterocycles. The van der Waals surface area contributed by atoms with Gasteiger partial charge in [-0.3, -0.25) is 19.3 Å². The first-order valence-electron chi connectivity index (χ1n) is 9.16. The van der Waals surface area contributed by atoms with Crippen molar-refractivity contribution in [3.05, 3.63) is 35.4 Å².